The van der Waals surface area contributed by atoms with Crippen LogP contribution in [0.25, 0.3) is 0 Å². The van der Waals surface area contributed by atoms with Crippen LogP contribution in [0.15, 0.2) is 12.4 Å². The van der Waals surface area contributed by atoms with Gasteiger partial charge in [0.2, 0.25) is 0 Å². The van der Waals surface area contributed by atoms with Crippen molar-refractivity contribution in [2.75, 3.05) is 13.2 Å². The van der Waals surface area contributed by atoms with Crippen molar-refractivity contribution in [3.63, 3.8) is 0 Å². The molecule has 1 aromatic rings. The second-order valence-corrected chi connectivity index (χ2v) is 5.57. The van der Waals surface area contributed by atoms with Gasteiger partial charge in [-0.15, -0.1) is 0 Å². The van der Waals surface area contributed by atoms with Gasteiger partial charge in [0.05, 0.1) is 23.5 Å². The van der Waals surface area contributed by atoms with Crippen molar-refractivity contribution in [1.29, 1.82) is 0 Å². The van der Waals surface area contributed by atoms with Crippen LogP contribution < -0.4 is 5.32 Å². The number of nitrogens with one attached hydrogen (secondary N) is 2. The summed E-state index contributed by atoms with van der Waals surface area (Å²) >= 11 is 0. The van der Waals surface area contributed by atoms with Crippen LogP contribution in [-0.4, -0.2) is 46.1 Å². The summed E-state index contributed by atoms with van der Waals surface area (Å²) in [4.78, 5) is 11.8. The number of carbonyl (C=O) groups excluding carboxylic acids is 1. The summed E-state index contributed by atoms with van der Waals surface area (Å²) in [5.41, 5.74) is -0.832. The molecule has 1 aliphatic carbocycles. The number of hydrogen-bond acceptors (Lipinski definition) is 4. The Morgan fingerprint density at radius 3 is 2.95 bits per heavy atom. The highest BCUT2D eigenvalue weighted by Crippen LogP contribution is 2.50. The summed E-state index contributed by atoms with van der Waals surface area (Å²) in [6.45, 7) is 6.70. The molecule has 0 saturated heterocycles. The van der Waals surface area contributed by atoms with E-state index in [0.29, 0.717) is 18.6 Å². The summed E-state index contributed by atoms with van der Waals surface area (Å²) in [6, 6.07) is 0. The average molecular weight is 267 g/mol. The minimum atomic E-state index is -0.924. The maximum absolute atomic E-state index is 11.8. The fraction of sp³-hybridized carbons (Fsp3) is 0.692. The highest BCUT2D eigenvalue weighted by atomic mass is 16.5. The van der Waals surface area contributed by atoms with Gasteiger partial charge in [0, 0.05) is 31.2 Å². The van der Waals surface area contributed by atoms with Crippen LogP contribution in [-0.2, 0) is 4.74 Å². The number of rotatable bonds is 5. The number of carbonyl (C=O) groups is 1. The Kier molecular flexibility index (Phi) is 3.64. The van der Waals surface area contributed by atoms with Crippen molar-refractivity contribution in [3.8, 4) is 0 Å². The molecule has 1 fully saturated rings. The number of ether oxygens (including phenoxy) is 1. The van der Waals surface area contributed by atoms with Gasteiger partial charge in [0.25, 0.3) is 5.91 Å². The molecular formula is C13H21N3O3. The molecule has 19 heavy (non-hydrogen) atoms. The predicted molar refractivity (Wildman–Crippen MR) is 69.7 cm³/mol. The van der Waals surface area contributed by atoms with Crippen LogP contribution in [0.3, 0.4) is 0 Å². The first-order valence-corrected chi connectivity index (χ1v) is 6.51. The molecule has 2 rings (SSSR count). The topological polar surface area (TPSA) is 87.2 Å². The van der Waals surface area contributed by atoms with Crippen molar-refractivity contribution in [2.45, 2.75) is 38.9 Å². The standard InChI is InChI=1S/C13H21N3O3/c1-4-19-10-5-13(18,12(10,2)3)8-14-11(17)9-6-15-16-7-9/h6-7,10,18H,4-5,8H2,1-3H3,(H,14,17)(H,15,16)/t10-,13-/m0/s1. The maximum atomic E-state index is 11.8. The smallest absolute Gasteiger partial charge is 0.254 e. The van der Waals surface area contributed by atoms with E-state index in [4.69, 9.17) is 4.74 Å². The Morgan fingerprint density at radius 2 is 2.42 bits per heavy atom. The summed E-state index contributed by atoms with van der Waals surface area (Å²) in [6.07, 6.45) is 3.55. The Balaban J connectivity index is 1.91. The zero-order valence-electron chi connectivity index (χ0n) is 11.6. The highest BCUT2D eigenvalue weighted by molar-refractivity contribution is 5.93. The second-order valence-electron chi connectivity index (χ2n) is 5.57. The molecule has 0 unspecified atom stereocenters. The third kappa shape index (κ3) is 2.37. The number of hydrogen-bond donors (Lipinski definition) is 3. The Labute approximate surface area is 112 Å². The molecule has 1 aliphatic rings. The fourth-order valence-corrected chi connectivity index (χ4v) is 2.47. The highest BCUT2D eigenvalue weighted by Gasteiger charge is 2.59. The Bertz CT molecular complexity index is 444. The summed E-state index contributed by atoms with van der Waals surface area (Å²) in [5, 5.41) is 19.6. The zero-order valence-corrected chi connectivity index (χ0v) is 11.6. The number of amides is 1. The molecule has 1 saturated carbocycles. The number of H-pyrrole nitrogens is 1. The van der Waals surface area contributed by atoms with E-state index in [2.05, 4.69) is 15.5 Å². The first kappa shape index (κ1) is 14.0. The van der Waals surface area contributed by atoms with Gasteiger partial charge in [-0.25, -0.2) is 0 Å². The molecular weight excluding hydrogens is 246 g/mol. The SMILES string of the molecule is CCO[C@H]1C[C@](O)(CNC(=O)c2cn[nH]c2)C1(C)C. The van der Waals surface area contributed by atoms with E-state index < -0.39 is 5.60 Å². The van der Waals surface area contributed by atoms with Gasteiger partial charge in [0.1, 0.15) is 0 Å². The summed E-state index contributed by atoms with van der Waals surface area (Å²) in [5.74, 6) is -0.238. The number of aromatic amines is 1. The van der Waals surface area contributed by atoms with E-state index >= 15 is 0 Å². The van der Waals surface area contributed by atoms with Crippen LogP contribution in [0.2, 0.25) is 0 Å². The molecule has 0 aliphatic heterocycles. The van der Waals surface area contributed by atoms with Gasteiger partial charge in [-0.3, -0.25) is 9.89 Å². The van der Waals surface area contributed by atoms with E-state index in [9.17, 15) is 9.90 Å². The minimum absolute atomic E-state index is 0.0355. The van der Waals surface area contributed by atoms with Crippen LogP contribution in [0.4, 0.5) is 0 Å². The van der Waals surface area contributed by atoms with Gasteiger partial charge < -0.3 is 15.2 Å². The van der Waals surface area contributed by atoms with Crippen molar-refractivity contribution in [3.05, 3.63) is 18.0 Å². The molecule has 2 atom stereocenters. The van der Waals surface area contributed by atoms with Gasteiger partial charge in [0.15, 0.2) is 0 Å². The zero-order chi connectivity index (χ0) is 14.1. The summed E-state index contributed by atoms with van der Waals surface area (Å²) in [7, 11) is 0. The molecule has 1 heterocycles. The van der Waals surface area contributed by atoms with E-state index in [1.165, 1.54) is 12.4 Å². The van der Waals surface area contributed by atoms with Crippen molar-refractivity contribution < 1.29 is 14.6 Å². The molecule has 0 bridgehead atoms. The lowest BCUT2D eigenvalue weighted by Crippen LogP contribution is -2.68. The van der Waals surface area contributed by atoms with E-state index in [1.54, 1.807) is 0 Å². The number of aromatic nitrogens is 2. The molecule has 3 N–H and O–H groups in total. The number of aliphatic hydroxyl groups is 1. The van der Waals surface area contributed by atoms with Gasteiger partial charge in [-0.2, -0.15) is 5.10 Å². The predicted octanol–water partition coefficient (Wildman–Crippen LogP) is 0.706. The fourth-order valence-electron chi connectivity index (χ4n) is 2.47. The van der Waals surface area contributed by atoms with Gasteiger partial charge >= 0.3 is 0 Å². The molecule has 6 nitrogen and oxygen atoms in total. The molecule has 0 aromatic carbocycles. The molecule has 1 aromatic heterocycles. The quantitative estimate of drug-likeness (QED) is 0.733. The van der Waals surface area contributed by atoms with Crippen LogP contribution >= 0.6 is 0 Å². The maximum Gasteiger partial charge on any atom is 0.254 e. The lowest BCUT2D eigenvalue weighted by molar-refractivity contribution is -0.237. The third-order valence-electron chi connectivity index (χ3n) is 4.20. The Morgan fingerprint density at radius 1 is 1.68 bits per heavy atom. The lowest BCUT2D eigenvalue weighted by Gasteiger charge is -2.57. The average Bonchev–Trinajstić information content (AvgIpc) is 2.89. The van der Waals surface area contributed by atoms with Crippen molar-refractivity contribution in [2.24, 2.45) is 5.41 Å². The van der Waals surface area contributed by atoms with E-state index in [1.807, 2.05) is 20.8 Å². The molecule has 1 amide bonds. The number of nitrogens with zero attached hydrogens (tertiary/aromatic N) is 1. The van der Waals surface area contributed by atoms with Crippen LogP contribution in [0.1, 0.15) is 37.6 Å². The first-order chi connectivity index (χ1) is 8.90. The van der Waals surface area contributed by atoms with Gasteiger partial charge in [-0.05, 0) is 6.92 Å². The normalized spacial score (nSPS) is 28.7. The van der Waals surface area contributed by atoms with Crippen molar-refractivity contribution in [1.82, 2.24) is 15.5 Å². The van der Waals surface area contributed by atoms with Crippen LogP contribution in [0.5, 0.6) is 0 Å². The summed E-state index contributed by atoms with van der Waals surface area (Å²) < 4.78 is 5.58. The third-order valence-corrected chi connectivity index (χ3v) is 4.20. The molecule has 6 heteroatoms. The van der Waals surface area contributed by atoms with Gasteiger partial charge in [-0.1, -0.05) is 13.8 Å². The lowest BCUT2D eigenvalue weighted by atomic mass is 9.56. The molecule has 0 spiro atoms. The second kappa shape index (κ2) is 4.94. The van der Waals surface area contributed by atoms with Crippen LogP contribution in [0, 0.1) is 5.41 Å². The minimum Gasteiger partial charge on any atom is -0.387 e. The van der Waals surface area contributed by atoms with E-state index in [0.717, 1.165) is 0 Å². The van der Waals surface area contributed by atoms with E-state index in [-0.39, 0.29) is 24.0 Å². The molecule has 106 valence electrons. The van der Waals surface area contributed by atoms with Crippen molar-refractivity contribution >= 4 is 5.91 Å². The monoisotopic (exact) mass is 267 g/mol. The molecule has 0 radical (unpaired) electrons. The largest absolute Gasteiger partial charge is 0.387 e. The Hall–Kier alpha value is -1.40. The first-order valence-electron chi connectivity index (χ1n) is 6.51.